The number of aromatic nitrogens is 2. The molecule has 1 fully saturated rings. The van der Waals surface area contributed by atoms with E-state index >= 15 is 0 Å². The van der Waals surface area contributed by atoms with E-state index in [4.69, 9.17) is 0 Å². The zero-order valence-electron chi connectivity index (χ0n) is 24.4. The summed E-state index contributed by atoms with van der Waals surface area (Å²) in [5.74, 6) is -0.247. The average molecular weight is 601 g/mol. The van der Waals surface area contributed by atoms with Crippen molar-refractivity contribution in [3.05, 3.63) is 71.0 Å². The number of anilines is 4. The van der Waals surface area contributed by atoms with Crippen LogP contribution >= 0.6 is 0 Å². The predicted octanol–water partition coefficient (Wildman–Crippen LogP) is 3.27. The number of hydrogen-bond acceptors (Lipinski definition) is 5. The van der Waals surface area contributed by atoms with E-state index < -0.39 is 23.7 Å². The Bertz CT molecular complexity index is 1510. The van der Waals surface area contributed by atoms with Gasteiger partial charge in [0.05, 0.1) is 11.3 Å². The lowest BCUT2D eigenvalue weighted by Gasteiger charge is -2.33. The molecule has 2 aromatic carbocycles. The van der Waals surface area contributed by atoms with Crippen molar-refractivity contribution in [1.82, 2.24) is 9.80 Å². The minimum absolute atomic E-state index is 0.121. The zero-order valence-corrected chi connectivity index (χ0v) is 24.4. The summed E-state index contributed by atoms with van der Waals surface area (Å²) < 4.78 is 42.0. The Morgan fingerprint density at radius 3 is 2.35 bits per heavy atom. The lowest BCUT2D eigenvalue weighted by molar-refractivity contribution is -0.515. The van der Waals surface area contributed by atoms with Crippen molar-refractivity contribution in [2.45, 2.75) is 26.6 Å². The number of benzene rings is 2. The van der Waals surface area contributed by atoms with Crippen LogP contribution in [0.5, 0.6) is 0 Å². The number of alkyl halides is 3. The molecule has 5 N–H and O–H groups in total. The summed E-state index contributed by atoms with van der Waals surface area (Å²) in [6.45, 7) is 6.15. The number of nitrogens with one attached hydrogen (secondary N) is 5. The van der Waals surface area contributed by atoms with Crippen LogP contribution in [0.1, 0.15) is 34.0 Å². The maximum absolute atomic E-state index is 14.0. The van der Waals surface area contributed by atoms with E-state index in [-0.39, 0.29) is 29.3 Å². The smallest absolute Gasteiger partial charge is 0.322 e. The van der Waals surface area contributed by atoms with E-state index in [0.717, 1.165) is 19.2 Å². The molecule has 0 aliphatic carbocycles. The van der Waals surface area contributed by atoms with E-state index in [1.807, 2.05) is 11.9 Å². The number of carbonyl (C=O) groups excluding carboxylic acids is 3. The minimum atomic E-state index is -4.62. The van der Waals surface area contributed by atoms with Crippen molar-refractivity contribution in [1.29, 1.82) is 0 Å². The fourth-order valence-electron chi connectivity index (χ4n) is 4.58. The predicted molar refractivity (Wildman–Crippen MR) is 155 cm³/mol. The van der Waals surface area contributed by atoms with Crippen molar-refractivity contribution in [3.63, 3.8) is 0 Å². The van der Waals surface area contributed by atoms with Gasteiger partial charge in [0.1, 0.15) is 13.1 Å². The molecule has 0 unspecified atom stereocenters. The van der Waals surface area contributed by atoms with Crippen LogP contribution in [-0.2, 0) is 17.5 Å². The summed E-state index contributed by atoms with van der Waals surface area (Å²) in [5.41, 5.74) is 0.519. The molecule has 11 nitrogen and oxygen atoms in total. The minimum Gasteiger partial charge on any atom is -0.322 e. The molecule has 1 aromatic heterocycles. The molecule has 1 aliphatic rings. The van der Waals surface area contributed by atoms with E-state index in [9.17, 15) is 27.6 Å². The molecule has 1 saturated heterocycles. The van der Waals surface area contributed by atoms with Gasteiger partial charge in [-0.2, -0.15) is 18.2 Å². The molecule has 0 atom stereocenters. The van der Waals surface area contributed by atoms with Gasteiger partial charge >= 0.3 is 18.0 Å². The Morgan fingerprint density at radius 1 is 0.953 bits per heavy atom. The summed E-state index contributed by atoms with van der Waals surface area (Å²) in [5, 5.41) is 7.99. The summed E-state index contributed by atoms with van der Waals surface area (Å²) in [4.78, 5) is 48.4. The molecule has 1 aliphatic heterocycles. The van der Waals surface area contributed by atoms with E-state index in [0.29, 0.717) is 36.0 Å². The lowest BCUT2D eigenvalue weighted by Crippen LogP contribution is -2.44. The van der Waals surface area contributed by atoms with Crippen LogP contribution in [0.25, 0.3) is 0 Å². The Kier molecular flexibility index (Phi) is 9.61. The third kappa shape index (κ3) is 8.26. The molecule has 0 spiro atoms. The maximum Gasteiger partial charge on any atom is 0.442 e. The number of likely N-dealkylation sites (N-methyl/N-ethyl adjacent to an activating group) is 1. The summed E-state index contributed by atoms with van der Waals surface area (Å²) in [6, 6.07) is 9.45. The standard InChI is InChI=1S/C29H33F3N8O3/c1-18-5-8-22(14-24(18)37-28(43)39(4)26-15-25(33-17-34-26)35-19(2)41)36-27(42)20-6-7-21(23(13-20)29(30,31)32)16-40-11-9-38(3)10-12-40/h5-8,13-15,17H,9-12,16H2,1-4H3,(H,36,42)(H,37,43)(H,33,34,35,41)/p+2. The Morgan fingerprint density at radius 2 is 1.67 bits per heavy atom. The topological polar surface area (TPSA) is 125 Å². The third-order valence-electron chi connectivity index (χ3n) is 7.11. The molecule has 228 valence electrons. The molecule has 2 heterocycles. The SMILES string of the molecule is CC(=O)Nc1cc(N(C)C(=O)Nc2cc(NC(=O)c3ccc(CN4CCN(C)CC4)c(C(F)(F)F)c3)ccc2C)[nH+]c[nH+]1. The van der Waals surface area contributed by atoms with Gasteiger partial charge in [0.25, 0.3) is 12.2 Å². The van der Waals surface area contributed by atoms with E-state index in [1.165, 1.54) is 49.5 Å². The van der Waals surface area contributed by atoms with Gasteiger partial charge in [-0.3, -0.25) is 25.1 Å². The number of hydrogen-bond donors (Lipinski definition) is 3. The number of urea groups is 1. The van der Waals surface area contributed by atoms with Crippen LogP contribution < -0.4 is 30.8 Å². The number of rotatable bonds is 7. The maximum atomic E-state index is 14.0. The third-order valence-corrected chi connectivity index (χ3v) is 7.11. The number of aromatic amines is 2. The number of nitrogens with zero attached hydrogens (tertiary/aromatic N) is 3. The fraction of sp³-hybridized carbons (Fsp3) is 0.345. The van der Waals surface area contributed by atoms with Gasteiger partial charge in [0.2, 0.25) is 11.7 Å². The van der Waals surface area contributed by atoms with Gasteiger partial charge < -0.3 is 10.2 Å². The fourth-order valence-corrected chi connectivity index (χ4v) is 4.58. The average Bonchev–Trinajstić information content (AvgIpc) is 2.95. The second kappa shape index (κ2) is 13.2. The number of amides is 4. The molecule has 4 amide bonds. The van der Waals surface area contributed by atoms with Gasteiger partial charge in [-0.05, 0) is 49.4 Å². The van der Waals surface area contributed by atoms with Crippen molar-refractivity contribution in [2.75, 3.05) is 61.1 Å². The summed E-state index contributed by atoms with van der Waals surface area (Å²) in [6.07, 6.45) is -3.17. The van der Waals surface area contributed by atoms with Crippen molar-refractivity contribution in [3.8, 4) is 0 Å². The Labute approximate surface area is 247 Å². The molecule has 14 heteroatoms. The number of piperazine rings is 1. The van der Waals surface area contributed by atoms with Gasteiger partial charge in [0, 0.05) is 50.9 Å². The number of halogens is 3. The molecular weight excluding hydrogens is 565 g/mol. The quantitative estimate of drug-likeness (QED) is 0.384. The number of H-pyrrole nitrogens is 2. The summed E-state index contributed by atoms with van der Waals surface area (Å²) in [7, 11) is 3.49. The monoisotopic (exact) mass is 600 g/mol. The van der Waals surface area contributed by atoms with E-state index in [1.54, 1.807) is 19.1 Å². The van der Waals surface area contributed by atoms with Crippen LogP contribution in [-0.4, -0.2) is 67.9 Å². The Balaban J connectivity index is 1.47. The van der Waals surface area contributed by atoms with Gasteiger partial charge in [-0.25, -0.2) is 9.78 Å². The van der Waals surface area contributed by atoms with Gasteiger partial charge in [0.15, 0.2) is 0 Å². The van der Waals surface area contributed by atoms with Gasteiger partial charge in [-0.1, -0.05) is 12.1 Å². The second-order valence-electron chi connectivity index (χ2n) is 10.5. The highest BCUT2D eigenvalue weighted by atomic mass is 19.4. The second-order valence-corrected chi connectivity index (χ2v) is 10.5. The molecule has 0 bridgehead atoms. The highest BCUT2D eigenvalue weighted by Gasteiger charge is 2.35. The first-order valence-electron chi connectivity index (χ1n) is 13.6. The van der Waals surface area contributed by atoms with Crippen molar-refractivity contribution < 1.29 is 37.5 Å². The van der Waals surface area contributed by atoms with Gasteiger partial charge in [-0.15, -0.1) is 4.90 Å². The molecular formula is C29H35F3N8O3+2. The van der Waals surface area contributed by atoms with Crippen molar-refractivity contribution >= 4 is 40.9 Å². The first kappa shape index (κ1) is 31.4. The molecule has 0 saturated carbocycles. The van der Waals surface area contributed by atoms with Crippen LogP contribution in [0.4, 0.5) is 41.0 Å². The zero-order chi connectivity index (χ0) is 31.3. The van der Waals surface area contributed by atoms with Crippen LogP contribution in [0.15, 0.2) is 48.8 Å². The summed E-state index contributed by atoms with van der Waals surface area (Å²) >= 11 is 0. The highest BCUT2D eigenvalue weighted by molar-refractivity contribution is 6.05. The lowest BCUT2D eigenvalue weighted by atomic mass is 10.0. The van der Waals surface area contributed by atoms with Crippen LogP contribution in [0.3, 0.4) is 0 Å². The number of aryl methyl sites for hydroxylation is 1. The number of carbonyl (C=O) groups is 3. The van der Waals surface area contributed by atoms with E-state index in [2.05, 4.69) is 30.8 Å². The largest absolute Gasteiger partial charge is 0.442 e. The Hall–Kier alpha value is -4.56. The molecule has 3 aromatic rings. The molecule has 4 rings (SSSR count). The normalized spacial score (nSPS) is 14.2. The highest BCUT2D eigenvalue weighted by Crippen LogP contribution is 2.34. The van der Waals surface area contributed by atoms with Crippen LogP contribution in [0.2, 0.25) is 0 Å². The first-order valence-corrected chi connectivity index (χ1v) is 13.6. The first-order chi connectivity index (χ1) is 20.3. The van der Waals surface area contributed by atoms with Crippen molar-refractivity contribution in [2.24, 2.45) is 0 Å². The van der Waals surface area contributed by atoms with Crippen LogP contribution in [0, 0.1) is 6.92 Å². The molecule has 0 radical (unpaired) electrons. The molecule has 43 heavy (non-hydrogen) atoms.